The molecule has 21 heavy (non-hydrogen) atoms. The number of H-pyrrole nitrogens is 2. The number of rotatable bonds is 5. The van der Waals surface area contributed by atoms with E-state index in [1.165, 1.54) is 0 Å². The van der Waals surface area contributed by atoms with Gasteiger partial charge in [0.1, 0.15) is 11.5 Å². The highest BCUT2D eigenvalue weighted by molar-refractivity contribution is 5.92. The summed E-state index contributed by atoms with van der Waals surface area (Å²) in [6.07, 6.45) is 2.32. The number of aromatic nitrogens is 4. The summed E-state index contributed by atoms with van der Waals surface area (Å²) in [5.74, 6) is 1.30. The van der Waals surface area contributed by atoms with Gasteiger partial charge in [0, 0.05) is 24.7 Å². The number of benzene rings is 1. The molecule has 0 saturated heterocycles. The van der Waals surface area contributed by atoms with Crippen molar-refractivity contribution in [1.82, 2.24) is 25.5 Å². The molecule has 0 saturated carbocycles. The third-order valence-electron chi connectivity index (χ3n) is 3.05. The molecule has 2 aromatic heterocycles. The third-order valence-corrected chi connectivity index (χ3v) is 3.05. The molecule has 2 heterocycles. The third kappa shape index (κ3) is 3.17. The van der Waals surface area contributed by atoms with Gasteiger partial charge in [0.2, 0.25) is 0 Å². The quantitative estimate of drug-likeness (QED) is 0.666. The first-order chi connectivity index (χ1) is 10.3. The minimum Gasteiger partial charge on any atom is -0.357 e. The fraction of sp³-hybridized carbons (Fsp3) is 0.133. The lowest BCUT2D eigenvalue weighted by molar-refractivity contribution is 0.0949. The summed E-state index contributed by atoms with van der Waals surface area (Å²) in [4.78, 5) is 19.0. The zero-order valence-electron chi connectivity index (χ0n) is 11.3. The molecular weight excluding hydrogens is 266 g/mol. The van der Waals surface area contributed by atoms with E-state index in [2.05, 4.69) is 25.5 Å². The first-order valence-electron chi connectivity index (χ1n) is 6.71. The number of hydrogen-bond acceptors (Lipinski definition) is 3. The van der Waals surface area contributed by atoms with Crippen LogP contribution in [0.3, 0.4) is 0 Å². The molecule has 0 aliphatic rings. The van der Waals surface area contributed by atoms with Gasteiger partial charge in [0.05, 0.1) is 0 Å². The summed E-state index contributed by atoms with van der Waals surface area (Å²) in [5, 5.41) is 9.90. The lowest BCUT2D eigenvalue weighted by Gasteiger charge is -2.01. The van der Waals surface area contributed by atoms with Crippen molar-refractivity contribution in [3.63, 3.8) is 0 Å². The number of aromatic amines is 2. The molecule has 0 aliphatic heterocycles. The molecule has 3 rings (SSSR count). The van der Waals surface area contributed by atoms with Crippen LogP contribution in [0.1, 0.15) is 16.3 Å². The van der Waals surface area contributed by atoms with Crippen molar-refractivity contribution < 1.29 is 4.79 Å². The van der Waals surface area contributed by atoms with Gasteiger partial charge in [0.25, 0.3) is 5.91 Å². The number of nitrogens with one attached hydrogen (secondary N) is 3. The van der Waals surface area contributed by atoms with Crippen molar-refractivity contribution >= 4 is 5.91 Å². The SMILES string of the molecule is O=C(NCCc1nc(-c2ccccc2)n[nH]1)c1ccc[nH]1. The predicted molar refractivity (Wildman–Crippen MR) is 78.6 cm³/mol. The Labute approximate surface area is 121 Å². The summed E-state index contributed by atoms with van der Waals surface area (Å²) >= 11 is 0. The van der Waals surface area contributed by atoms with Gasteiger partial charge in [-0.25, -0.2) is 4.98 Å². The summed E-state index contributed by atoms with van der Waals surface area (Å²) in [6, 6.07) is 13.3. The molecule has 106 valence electrons. The Morgan fingerprint density at radius 1 is 1.14 bits per heavy atom. The van der Waals surface area contributed by atoms with Gasteiger partial charge >= 0.3 is 0 Å². The van der Waals surface area contributed by atoms with E-state index in [4.69, 9.17) is 0 Å². The minimum absolute atomic E-state index is 0.122. The average Bonchev–Trinajstić information content (AvgIpc) is 3.20. The van der Waals surface area contributed by atoms with Gasteiger partial charge in [-0.15, -0.1) is 0 Å². The van der Waals surface area contributed by atoms with Crippen LogP contribution in [-0.4, -0.2) is 32.6 Å². The number of nitrogens with zero attached hydrogens (tertiary/aromatic N) is 2. The van der Waals surface area contributed by atoms with Crippen LogP contribution >= 0.6 is 0 Å². The molecule has 0 fully saturated rings. The zero-order valence-corrected chi connectivity index (χ0v) is 11.3. The van der Waals surface area contributed by atoms with Gasteiger partial charge in [-0.05, 0) is 12.1 Å². The molecule has 0 radical (unpaired) electrons. The second kappa shape index (κ2) is 6.04. The predicted octanol–water partition coefficient (Wildman–Crippen LogP) is 1.77. The van der Waals surface area contributed by atoms with Gasteiger partial charge in [-0.3, -0.25) is 9.89 Å². The largest absolute Gasteiger partial charge is 0.357 e. The van der Waals surface area contributed by atoms with Gasteiger partial charge in [0.15, 0.2) is 5.82 Å². The van der Waals surface area contributed by atoms with Crippen LogP contribution in [0.5, 0.6) is 0 Å². The Bertz CT molecular complexity index is 703. The highest BCUT2D eigenvalue weighted by atomic mass is 16.1. The Balaban J connectivity index is 1.55. The molecule has 0 atom stereocenters. The molecule has 3 N–H and O–H groups in total. The van der Waals surface area contributed by atoms with E-state index in [9.17, 15) is 4.79 Å². The van der Waals surface area contributed by atoms with E-state index >= 15 is 0 Å². The van der Waals surface area contributed by atoms with E-state index in [0.717, 1.165) is 11.4 Å². The van der Waals surface area contributed by atoms with E-state index in [-0.39, 0.29) is 5.91 Å². The lowest BCUT2D eigenvalue weighted by Crippen LogP contribution is -2.26. The van der Waals surface area contributed by atoms with Gasteiger partial charge < -0.3 is 10.3 Å². The van der Waals surface area contributed by atoms with Crippen molar-refractivity contribution in [2.24, 2.45) is 0 Å². The topological polar surface area (TPSA) is 86.5 Å². The first-order valence-corrected chi connectivity index (χ1v) is 6.71. The van der Waals surface area contributed by atoms with Crippen LogP contribution in [0.4, 0.5) is 0 Å². The molecule has 0 bridgehead atoms. The lowest BCUT2D eigenvalue weighted by atomic mass is 10.2. The molecule has 6 nitrogen and oxygen atoms in total. The molecular formula is C15H15N5O. The van der Waals surface area contributed by atoms with Crippen LogP contribution in [0.15, 0.2) is 48.7 Å². The summed E-state index contributed by atoms with van der Waals surface area (Å²) < 4.78 is 0. The van der Waals surface area contributed by atoms with Crippen LogP contribution < -0.4 is 5.32 Å². The van der Waals surface area contributed by atoms with E-state index < -0.39 is 0 Å². The fourth-order valence-electron chi connectivity index (χ4n) is 1.98. The fourth-order valence-corrected chi connectivity index (χ4v) is 1.98. The molecule has 0 spiro atoms. The van der Waals surface area contributed by atoms with Gasteiger partial charge in [-0.2, -0.15) is 5.10 Å². The van der Waals surface area contributed by atoms with Crippen molar-refractivity contribution in [2.75, 3.05) is 6.54 Å². The Kier molecular flexibility index (Phi) is 3.77. The highest BCUT2D eigenvalue weighted by Crippen LogP contribution is 2.13. The smallest absolute Gasteiger partial charge is 0.267 e. The Morgan fingerprint density at radius 2 is 2.00 bits per heavy atom. The Hall–Kier alpha value is -2.89. The molecule has 1 aromatic carbocycles. The Morgan fingerprint density at radius 3 is 2.76 bits per heavy atom. The highest BCUT2D eigenvalue weighted by Gasteiger charge is 2.07. The van der Waals surface area contributed by atoms with Crippen molar-refractivity contribution in [3.8, 4) is 11.4 Å². The summed E-state index contributed by atoms with van der Waals surface area (Å²) in [5.41, 5.74) is 1.52. The average molecular weight is 281 g/mol. The maximum Gasteiger partial charge on any atom is 0.267 e. The maximum absolute atomic E-state index is 11.7. The second-order valence-electron chi connectivity index (χ2n) is 4.56. The molecule has 0 aliphatic carbocycles. The van der Waals surface area contributed by atoms with Crippen molar-refractivity contribution in [2.45, 2.75) is 6.42 Å². The van der Waals surface area contributed by atoms with E-state index in [1.807, 2.05) is 30.3 Å². The monoisotopic (exact) mass is 281 g/mol. The zero-order chi connectivity index (χ0) is 14.5. The van der Waals surface area contributed by atoms with E-state index in [0.29, 0.717) is 24.5 Å². The van der Waals surface area contributed by atoms with Crippen LogP contribution in [0, 0.1) is 0 Å². The van der Waals surface area contributed by atoms with Crippen molar-refractivity contribution in [1.29, 1.82) is 0 Å². The second-order valence-corrected chi connectivity index (χ2v) is 4.56. The normalized spacial score (nSPS) is 10.5. The number of carbonyl (C=O) groups excluding carboxylic acids is 1. The van der Waals surface area contributed by atoms with Crippen LogP contribution in [0.2, 0.25) is 0 Å². The number of carbonyl (C=O) groups is 1. The standard InChI is InChI=1S/C15H15N5O/c21-15(12-7-4-9-16-12)17-10-8-13-18-14(20-19-13)11-5-2-1-3-6-11/h1-7,9,16H,8,10H2,(H,17,21)(H,18,19,20). The van der Waals surface area contributed by atoms with E-state index in [1.54, 1.807) is 18.3 Å². The first kappa shape index (κ1) is 13.1. The van der Waals surface area contributed by atoms with Crippen molar-refractivity contribution in [3.05, 3.63) is 60.2 Å². The molecule has 6 heteroatoms. The van der Waals surface area contributed by atoms with Crippen LogP contribution in [0.25, 0.3) is 11.4 Å². The van der Waals surface area contributed by atoms with Gasteiger partial charge in [-0.1, -0.05) is 30.3 Å². The minimum atomic E-state index is -0.122. The summed E-state index contributed by atoms with van der Waals surface area (Å²) in [7, 11) is 0. The number of hydrogen-bond donors (Lipinski definition) is 3. The number of amides is 1. The van der Waals surface area contributed by atoms with Crippen LogP contribution in [-0.2, 0) is 6.42 Å². The molecule has 1 amide bonds. The molecule has 0 unspecified atom stereocenters. The molecule has 3 aromatic rings. The summed E-state index contributed by atoms with van der Waals surface area (Å²) in [6.45, 7) is 0.501. The maximum atomic E-state index is 11.7.